The van der Waals surface area contributed by atoms with Crippen molar-refractivity contribution in [3.05, 3.63) is 230 Å². The lowest BCUT2D eigenvalue weighted by molar-refractivity contribution is 1.10. The fourth-order valence-electron chi connectivity index (χ4n) is 8.92. The Kier molecular flexibility index (Phi) is 8.88. The highest BCUT2D eigenvalue weighted by molar-refractivity contribution is 6.22. The zero-order chi connectivity index (χ0) is 40.7. The second kappa shape index (κ2) is 15.1. The van der Waals surface area contributed by atoms with E-state index in [1.165, 1.54) is 66.1 Å². The number of nitriles is 1. The van der Waals surface area contributed by atoms with Gasteiger partial charge in [0.25, 0.3) is 0 Å². The molecule has 11 rings (SSSR count). The Morgan fingerprint density at radius 3 is 1.39 bits per heavy atom. The Labute approximate surface area is 354 Å². The molecule has 10 aromatic carbocycles. The van der Waals surface area contributed by atoms with Crippen LogP contribution in [0.4, 0.5) is 0 Å². The molecular weight excluding hydrogens is 739 g/mol. The summed E-state index contributed by atoms with van der Waals surface area (Å²) < 4.78 is 2.21. The van der Waals surface area contributed by atoms with Gasteiger partial charge in [0.2, 0.25) is 0 Å². The van der Waals surface area contributed by atoms with Gasteiger partial charge in [0.15, 0.2) is 0 Å². The van der Waals surface area contributed by atoms with Gasteiger partial charge >= 0.3 is 0 Å². The van der Waals surface area contributed by atoms with Crippen LogP contribution >= 0.6 is 0 Å². The van der Waals surface area contributed by atoms with Gasteiger partial charge in [-0.15, -0.1) is 0 Å². The molecule has 0 N–H and O–H groups in total. The van der Waals surface area contributed by atoms with E-state index in [4.69, 9.17) is 4.98 Å². The lowest BCUT2D eigenvalue weighted by Gasteiger charge is -2.19. The molecule has 61 heavy (non-hydrogen) atoms. The van der Waals surface area contributed by atoms with Crippen molar-refractivity contribution >= 4 is 32.6 Å². The van der Waals surface area contributed by atoms with Crippen LogP contribution in [0.25, 0.3) is 105 Å². The number of rotatable bonds is 7. The summed E-state index contributed by atoms with van der Waals surface area (Å²) in [6, 6.07) is 82.0. The molecule has 1 heterocycles. The Morgan fingerprint density at radius 1 is 0.344 bits per heavy atom. The maximum atomic E-state index is 9.71. The minimum atomic E-state index is 0.589. The Morgan fingerprint density at radius 2 is 0.803 bits per heavy atom. The van der Waals surface area contributed by atoms with Gasteiger partial charge in [-0.3, -0.25) is 4.57 Å². The highest BCUT2D eigenvalue weighted by atomic mass is 15.1. The second-order valence-electron chi connectivity index (χ2n) is 15.4. The van der Waals surface area contributed by atoms with Gasteiger partial charge in [0.1, 0.15) is 5.82 Å². The number of fused-ring (bicyclic) bond motifs is 3. The summed E-state index contributed by atoms with van der Waals surface area (Å²) in [5.74, 6) is 0.831. The molecule has 0 aliphatic heterocycles. The predicted octanol–water partition coefficient (Wildman–Crippen LogP) is 15.2. The molecule has 284 valence electrons. The summed E-state index contributed by atoms with van der Waals surface area (Å²) in [5.41, 5.74) is 16.1. The van der Waals surface area contributed by atoms with E-state index in [0.717, 1.165) is 39.2 Å². The van der Waals surface area contributed by atoms with Crippen molar-refractivity contribution in [3.63, 3.8) is 0 Å². The zero-order valence-electron chi connectivity index (χ0n) is 33.2. The molecule has 0 spiro atoms. The number of aromatic nitrogens is 2. The van der Waals surface area contributed by atoms with E-state index in [0.29, 0.717) is 5.56 Å². The van der Waals surface area contributed by atoms with Crippen LogP contribution in [0.2, 0.25) is 0 Å². The molecule has 0 saturated heterocycles. The lowest BCUT2D eigenvalue weighted by Crippen LogP contribution is -1.98. The van der Waals surface area contributed by atoms with E-state index in [1.54, 1.807) is 0 Å². The van der Waals surface area contributed by atoms with Gasteiger partial charge < -0.3 is 0 Å². The first-order valence-electron chi connectivity index (χ1n) is 20.6. The number of nitrogens with zero attached hydrogens (tertiary/aromatic N) is 3. The molecular formula is C58H37N3. The molecule has 0 aliphatic rings. The van der Waals surface area contributed by atoms with E-state index in [-0.39, 0.29) is 0 Å². The first kappa shape index (κ1) is 35.8. The Balaban J connectivity index is 1.12. The zero-order valence-corrected chi connectivity index (χ0v) is 33.2. The largest absolute Gasteiger partial charge is 0.292 e. The third-order valence-corrected chi connectivity index (χ3v) is 11.8. The molecule has 0 atom stereocenters. The maximum absolute atomic E-state index is 9.71. The van der Waals surface area contributed by atoms with E-state index >= 15 is 0 Å². The van der Waals surface area contributed by atoms with Crippen LogP contribution in [0.1, 0.15) is 5.56 Å². The van der Waals surface area contributed by atoms with Crippen LogP contribution in [0.15, 0.2) is 224 Å². The van der Waals surface area contributed by atoms with E-state index in [1.807, 2.05) is 36.4 Å². The monoisotopic (exact) mass is 775 g/mol. The Bertz CT molecular complexity index is 3430. The standard InChI is InChI=1S/C58H37N3/c59-38-39-23-34-55-54(35-39)60-58(46-17-8-3-9-18-46)61(55)49-20-12-19-47(36-49)48-32-33-52-53(37-48)57(45-30-26-43(27-31-45)41-15-6-2-7-16-41)51-22-11-10-21-50(51)56(52)44-28-24-42(25-29-44)40-13-4-1-5-14-40/h1-37H. The molecule has 0 radical (unpaired) electrons. The van der Waals surface area contributed by atoms with Crippen LogP contribution in [-0.4, -0.2) is 9.55 Å². The molecule has 0 amide bonds. The van der Waals surface area contributed by atoms with Gasteiger partial charge in [0.05, 0.1) is 22.7 Å². The predicted molar refractivity (Wildman–Crippen MR) is 253 cm³/mol. The van der Waals surface area contributed by atoms with Crippen LogP contribution in [0.3, 0.4) is 0 Å². The van der Waals surface area contributed by atoms with Gasteiger partial charge in [-0.05, 0) is 114 Å². The number of benzene rings is 10. The third kappa shape index (κ3) is 6.44. The van der Waals surface area contributed by atoms with Crippen molar-refractivity contribution < 1.29 is 0 Å². The van der Waals surface area contributed by atoms with Crippen molar-refractivity contribution in [1.82, 2.24) is 9.55 Å². The summed E-state index contributed by atoms with van der Waals surface area (Å²) in [6.07, 6.45) is 0. The molecule has 0 saturated carbocycles. The molecule has 0 unspecified atom stereocenters. The van der Waals surface area contributed by atoms with Crippen molar-refractivity contribution in [2.45, 2.75) is 0 Å². The normalized spacial score (nSPS) is 11.3. The highest BCUT2D eigenvalue weighted by Gasteiger charge is 2.19. The van der Waals surface area contributed by atoms with Crippen molar-refractivity contribution in [2.24, 2.45) is 0 Å². The molecule has 0 aliphatic carbocycles. The van der Waals surface area contributed by atoms with E-state index in [2.05, 4.69) is 199 Å². The van der Waals surface area contributed by atoms with Crippen molar-refractivity contribution in [2.75, 3.05) is 0 Å². The summed E-state index contributed by atoms with van der Waals surface area (Å²) >= 11 is 0. The summed E-state index contributed by atoms with van der Waals surface area (Å²) in [7, 11) is 0. The van der Waals surface area contributed by atoms with Crippen LogP contribution in [0, 0.1) is 11.3 Å². The quantitative estimate of drug-likeness (QED) is 0.151. The van der Waals surface area contributed by atoms with Crippen molar-refractivity contribution in [3.8, 4) is 78.8 Å². The van der Waals surface area contributed by atoms with Gasteiger partial charge in [-0.1, -0.05) is 188 Å². The van der Waals surface area contributed by atoms with E-state index < -0.39 is 0 Å². The lowest BCUT2D eigenvalue weighted by atomic mass is 9.84. The first-order valence-corrected chi connectivity index (χ1v) is 20.6. The average molecular weight is 776 g/mol. The van der Waals surface area contributed by atoms with Crippen LogP contribution < -0.4 is 0 Å². The smallest absolute Gasteiger partial charge is 0.145 e. The van der Waals surface area contributed by atoms with Gasteiger partial charge in [-0.25, -0.2) is 4.98 Å². The molecule has 0 bridgehead atoms. The molecule has 3 heteroatoms. The molecule has 3 nitrogen and oxygen atoms in total. The molecule has 11 aromatic rings. The van der Waals surface area contributed by atoms with Gasteiger partial charge in [-0.2, -0.15) is 5.26 Å². The van der Waals surface area contributed by atoms with E-state index in [9.17, 15) is 5.26 Å². The topological polar surface area (TPSA) is 41.6 Å². The minimum absolute atomic E-state index is 0.589. The fraction of sp³-hybridized carbons (Fsp3) is 0. The van der Waals surface area contributed by atoms with Crippen LogP contribution in [0.5, 0.6) is 0 Å². The van der Waals surface area contributed by atoms with Gasteiger partial charge in [0, 0.05) is 11.3 Å². The molecule has 0 fully saturated rings. The maximum Gasteiger partial charge on any atom is 0.145 e. The first-order chi connectivity index (χ1) is 30.2. The highest BCUT2D eigenvalue weighted by Crippen LogP contribution is 2.45. The minimum Gasteiger partial charge on any atom is -0.292 e. The summed E-state index contributed by atoms with van der Waals surface area (Å²) in [5, 5.41) is 14.5. The number of hydrogen-bond acceptors (Lipinski definition) is 2. The average Bonchev–Trinajstić information content (AvgIpc) is 3.73. The number of hydrogen-bond donors (Lipinski definition) is 0. The summed E-state index contributed by atoms with van der Waals surface area (Å²) in [6.45, 7) is 0. The van der Waals surface area contributed by atoms with Crippen LogP contribution in [-0.2, 0) is 0 Å². The summed E-state index contributed by atoms with van der Waals surface area (Å²) in [4.78, 5) is 5.08. The van der Waals surface area contributed by atoms with Crippen molar-refractivity contribution in [1.29, 1.82) is 5.26 Å². The SMILES string of the molecule is N#Cc1ccc2c(c1)nc(-c1ccccc1)n2-c1cccc(-c2ccc3c(-c4ccc(-c5ccccc5)cc4)c4ccccc4c(-c4ccc(-c5ccccc5)cc4)c3c2)c1. The molecule has 1 aromatic heterocycles. The third-order valence-electron chi connectivity index (χ3n) is 11.8. The Hall–Kier alpha value is -8.32. The fourth-order valence-corrected chi connectivity index (χ4v) is 8.92. The number of imidazole rings is 1. The second-order valence-corrected chi connectivity index (χ2v) is 15.4.